The molecule has 1 unspecified atom stereocenters. The minimum absolute atomic E-state index is 0. The van der Waals surface area contributed by atoms with Gasteiger partial charge in [0.1, 0.15) is 0 Å². The molecule has 0 bridgehead atoms. The van der Waals surface area contributed by atoms with Gasteiger partial charge in [-0.05, 0) is 17.8 Å². The van der Waals surface area contributed by atoms with Gasteiger partial charge in [-0.2, -0.15) is 0 Å². The first-order valence-corrected chi connectivity index (χ1v) is 5.08. The summed E-state index contributed by atoms with van der Waals surface area (Å²) in [5.41, 5.74) is 0.607. The van der Waals surface area contributed by atoms with E-state index in [0.717, 1.165) is 5.92 Å². The highest BCUT2D eigenvalue weighted by atomic mass is 14.3. The topological polar surface area (TPSA) is 0 Å². The van der Waals surface area contributed by atoms with Crippen molar-refractivity contribution >= 4 is 0 Å². The van der Waals surface area contributed by atoms with E-state index in [1.807, 2.05) is 0 Å². The molecular weight excluding hydrogens is 156 g/mol. The number of hydrogen-bond donors (Lipinski definition) is 0. The fourth-order valence-corrected chi connectivity index (χ4v) is 1.52. The van der Waals surface area contributed by atoms with Crippen LogP contribution >= 0.6 is 0 Å². The van der Waals surface area contributed by atoms with Gasteiger partial charge in [0.25, 0.3) is 0 Å². The van der Waals surface area contributed by atoms with Crippen LogP contribution in [0.25, 0.3) is 0 Å². The van der Waals surface area contributed by atoms with Crippen LogP contribution in [0.4, 0.5) is 0 Å². The molecule has 0 aliphatic heterocycles. The predicted molar refractivity (Wildman–Crippen MR) is 66.2 cm³/mol. The zero-order valence-corrected chi connectivity index (χ0v) is 8.91. The van der Waals surface area contributed by atoms with E-state index in [4.69, 9.17) is 0 Å². The van der Waals surface area contributed by atoms with Gasteiger partial charge >= 0.3 is 0 Å². The molecule has 0 heteroatoms. The Morgan fingerprint density at radius 2 is 1.38 bits per heavy atom. The van der Waals surface area contributed by atoms with Crippen LogP contribution in [0.2, 0.25) is 0 Å². The Labute approximate surface area is 87.1 Å². The molecule has 0 saturated carbocycles. The standard InChI is InChI=1S/C11H24.2CH4/c1-6-10(4)9-11(5,7-2)8-3;;/h10H,6-9H2,1-5H3;2*1H4. The SMILES string of the molecule is C.C.CCC(C)CC(C)(CC)CC. The molecule has 0 aliphatic rings. The van der Waals surface area contributed by atoms with Gasteiger partial charge in [-0.1, -0.05) is 68.7 Å². The highest BCUT2D eigenvalue weighted by Gasteiger charge is 2.21. The monoisotopic (exact) mass is 188 g/mol. The van der Waals surface area contributed by atoms with Crippen molar-refractivity contribution in [3.8, 4) is 0 Å². The molecule has 0 rings (SSSR count). The summed E-state index contributed by atoms with van der Waals surface area (Å²) in [5.74, 6) is 0.903. The molecule has 0 aliphatic carbocycles. The molecule has 0 aromatic heterocycles. The lowest BCUT2D eigenvalue weighted by Gasteiger charge is -2.29. The Hall–Kier alpha value is 0. The molecule has 0 N–H and O–H groups in total. The molecule has 0 aromatic rings. The summed E-state index contributed by atoms with van der Waals surface area (Å²) >= 11 is 0. The second-order valence-corrected chi connectivity index (χ2v) is 4.24. The van der Waals surface area contributed by atoms with Crippen molar-refractivity contribution < 1.29 is 0 Å². The Balaban J connectivity index is -0.000000500. The minimum atomic E-state index is 0. The lowest BCUT2D eigenvalue weighted by atomic mass is 9.77. The lowest BCUT2D eigenvalue weighted by Crippen LogP contribution is -2.17. The van der Waals surface area contributed by atoms with Crippen molar-refractivity contribution in [2.75, 3.05) is 0 Å². The van der Waals surface area contributed by atoms with E-state index < -0.39 is 0 Å². The van der Waals surface area contributed by atoms with Gasteiger partial charge < -0.3 is 0 Å². The third-order valence-electron chi connectivity index (χ3n) is 3.25. The van der Waals surface area contributed by atoms with Crippen LogP contribution in [0.1, 0.15) is 75.2 Å². The molecule has 13 heavy (non-hydrogen) atoms. The molecular formula is C13H32. The van der Waals surface area contributed by atoms with Crippen LogP contribution in [0.3, 0.4) is 0 Å². The van der Waals surface area contributed by atoms with Gasteiger partial charge in [0.2, 0.25) is 0 Å². The van der Waals surface area contributed by atoms with Crippen molar-refractivity contribution in [3.63, 3.8) is 0 Å². The van der Waals surface area contributed by atoms with E-state index in [2.05, 4.69) is 34.6 Å². The van der Waals surface area contributed by atoms with Crippen LogP contribution in [-0.2, 0) is 0 Å². The van der Waals surface area contributed by atoms with Gasteiger partial charge in [0.15, 0.2) is 0 Å². The zero-order valence-electron chi connectivity index (χ0n) is 8.91. The molecule has 0 amide bonds. The maximum absolute atomic E-state index is 2.42. The summed E-state index contributed by atoms with van der Waals surface area (Å²) < 4.78 is 0. The molecule has 0 nitrogen and oxygen atoms in total. The maximum Gasteiger partial charge on any atom is -0.0329 e. The number of hydrogen-bond acceptors (Lipinski definition) is 0. The summed E-state index contributed by atoms with van der Waals surface area (Å²) in [6.07, 6.45) is 5.38. The van der Waals surface area contributed by atoms with E-state index in [-0.39, 0.29) is 14.9 Å². The summed E-state index contributed by atoms with van der Waals surface area (Å²) in [6.45, 7) is 11.7. The van der Waals surface area contributed by atoms with Crippen molar-refractivity contribution in [3.05, 3.63) is 0 Å². The second kappa shape index (κ2) is 8.59. The fraction of sp³-hybridized carbons (Fsp3) is 1.00. The summed E-state index contributed by atoms with van der Waals surface area (Å²) in [7, 11) is 0. The van der Waals surface area contributed by atoms with Gasteiger partial charge in [0.05, 0.1) is 0 Å². The molecule has 0 heterocycles. The van der Waals surface area contributed by atoms with Crippen LogP contribution in [0.5, 0.6) is 0 Å². The maximum atomic E-state index is 2.42. The first-order chi connectivity index (χ1) is 5.08. The fourth-order valence-electron chi connectivity index (χ4n) is 1.52. The second-order valence-electron chi connectivity index (χ2n) is 4.24. The van der Waals surface area contributed by atoms with Gasteiger partial charge in [-0.15, -0.1) is 0 Å². The first-order valence-electron chi connectivity index (χ1n) is 5.08. The van der Waals surface area contributed by atoms with Crippen molar-refractivity contribution in [1.29, 1.82) is 0 Å². The highest BCUT2D eigenvalue weighted by Crippen LogP contribution is 2.33. The highest BCUT2D eigenvalue weighted by molar-refractivity contribution is 4.72. The zero-order chi connectivity index (χ0) is 8.91. The predicted octanol–water partition coefficient (Wildman–Crippen LogP) is 5.52. The van der Waals surface area contributed by atoms with Gasteiger partial charge in [-0.25, -0.2) is 0 Å². The Morgan fingerprint density at radius 3 is 1.62 bits per heavy atom. The molecule has 0 spiro atoms. The molecule has 0 saturated heterocycles. The summed E-state index contributed by atoms with van der Waals surface area (Å²) in [4.78, 5) is 0. The molecule has 0 radical (unpaired) electrons. The normalized spacial score (nSPS) is 12.7. The smallest absolute Gasteiger partial charge is 0.0329 e. The van der Waals surface area contributed by atoms with E-state index in [9.17, 15) is 0 Å². The number of rotatable bonds is 5. The Kier molecular flexibility index (Phi) is 12.4. The van der Waals surface area contributed by atoms with E-state index in [1.165, 1.54) is 25.7 Å². The molecule has 1 atom stereocenters. The van der Waals surface area contributed by atoms with Gasteiger partial charge in [-0.3, -0.25) is 0 Å². The van der Waals surface area contributed by atoms with E-state index in [1.54, 1.807) is 0 Å². The van der Waals surface area contributed by atoms with Crippen LogP contribution < -0.4 is 0 Å². The van der Waals surface area contributed by atoms with Crippen molar-refractivity contribution in [2.24, 2.45) is 11.3 Å². The lowest BCUT2D eigenvalue weighted by molar-refractivity contribution is 0.225. The first kappa shape index (κ1) is 18.7. The molecule has 0 aromatic carbocycles. The quantitative estimate of drug-likeness (QED) is 0.533. The summed E-state index contributed by atoms with van der Waals surface area (Å²) in [6, 6.07) is 0. The Bertz CT molecular complexity index is 90.2. The molecule has 84 valence electrons. The van der Waals surface area contributed by atoms with Crippen LogP contribution in [0, 0.1) is 11.3 Å². The Morgan fingerprint density at radius 1 is 1.00 bits per heavy atom. The largest absolute Gasteiger partial charge is 0.0776 e. The van der Waals surface area contributed by atoms with Crippen molar-refractivity contribution in [2.45, 2.75) is 75.2 Å². The molecule has 0 fully saturated rings. The van der Waals surface area contributed by atoms with Gasteiger partial charge in [0, 0.05) is 0 Å². The average Bonchev–Trinajstić information content (AvgIpc) is 2.04. The van der Waals surface area contributed by atoms with Crippen molar-refractivity contribution in [1.82, 2.24) is 0 Å². The van der Waals surface area contributed by atoms with Crippen LogP contribution in [0.15, 0.2) is 0 Å². The third-order valence-corrected chi connectivity index (χ3v) is 3.25. The summed E-state index contributed by atoms with van der Waals surface area (Å²) in [5, 5.41) is 0. The average molecular weight is 188 g/mol. The third kappa shape index (κ3) is 7.10. The van der Waals surface area contributed by atoms with E-state index >= 15 is 0 Å². The minimum Gasteiger partial charge on any atom is -0.0776 e. The van der Waals surface area contributed by atoms with Crippen LogP contribution in [-0.4, -0.2) is 0 Å². The van der Waals surface area contributed by atoms with E-state index in [0.29, 0.717) is 5.41 Å².